The van der Waals surface area contributed by atoms with Gasteiger partial charge >= 0.3 is 0 Å². The van der Waals surface area contributed by atoms with Crippen LogP contribution in [0.2, 0.25) is 0 Å². The minimum Gasteiger partial charge on any atom is -0.359 e. The van der Waals surface area contributed by atoms with Crippen LogP contribution < -0.4 is 10.6 Å². The van der Waals surface area contributed by atoms with Crippen molar-refractivity contribution in [3.05, 3.63) is 0 Å². The van der Waals surface area contributed by atoms with Gasteiger partial charge in [0, 0.05) is 39.6 Å². The summed E-state index contributed by atoms with van der Waals surface area (Å²) in [5.41, 5.74) is 0. The highest BCUT2D eigenvalue weighted by atomic mass is 16.1. The van der Waals surface area contributed by atoms with Crippen LogP contribution in [0.4, 0.5) is 0 Å². The van der Waals surface area contributed by atoms with Crippen molar-refractivity contribution < 1.29 is 4.79 Å². The van der Waals surface area contributed by atoms with E-state index in [0.29, 0.717) is 12.3 Å². The van der Waals surface area contributed by atoms with Crippen LogP contribution in [0.25, 0.3) is 0 Å². The number of guanidine groups is 1. The van der Waals surface area contributed by atoms with Crippen LogP contribution in [-0.4, -0.2) is 75.0 Å². The molecular weight excluding hydrogens is 302 g/mol. The summed E-state index contributed by atoms with van der Waals surface area (Å²) >= 11 is 0. The van der Waals surface area contributed by atoms with E-state index in [9.17, 15) is 4.79 Å². The van der Waals surface area contributed by atoms with Gasteiger partial charge in [-0.1, -0.05) is 0 Å². The van der Waals surface area contributed by atoms with Gasteiger partial charge in [0.25, 0.3) is 0 Å². The largest absolute Gasteiger partial charge is 0.359 e. The maximum atomic E-state index is 11.5. The molecule has 2 saturated heterocycles. The summed E-state index contributed by atoms with van der Waals surface area (Å²) in [5.74, 6) is 2.46. The van der Waals surface area contributed by atoms with Gasteiger partial charge in [0.05, 0.1) is 0 Å². The lowest BCUT2D eigenvalue weighted by molar-refractivity contribution is -0.121. The third kappa shape index (κ3) is 5.96. The Hall–Kier alpha value is -1.30. The van der Waals surface area contributed by atoms with Gasteiger partial charge in [0.1, 0.15) is 0 Å². The molecule has 2 heterocycles. The zero-order valence-electron chi connectivity index (χ0n) is 15.7. The molecule has 138 valence electrons. The summed E-state index contributed by atoms with van der Waals surface area (Å²) in [7, 11) is 3.92. The predicted octanol–water partition coefficient (Wildman–Crippen LogP) is 1.14. The fourth-order valence-electron chi connectivity index (χ4n) is 3.60. The molecule has 2 aliphatic rings. The lowest BCUT2D eigenvalue weighted by Gasteiger charge is -2.34. The molecule has 0 aromatic heterocycles. The predicted molar refractivity (Wildman–Crippen MR) is 99.2 cm³/mol. The Balaban J connectivity index is 1.82. The molecule has 2 N–H and O–H groups in total. The Morgan fingerprint density at radius 3 is 2.29 bits per heavy atom. The molecule has 0 radical (unpaired) electrons. The Bertz CT molecular complexity index is 410. The highest BCUT2D eigenvalue weighted by Crippen LogP contribution is 2.21. The lowest BCUT2D eigenvalue weighted by Crippen LogP contribution is -2.46. The van der Waals surface area contributed by atoms with Gasteiger partial charge < -0.3 is 20.4 Å². The van der Waals surface area contributed by atoms with Crippen molar-refractivity contribution in [1.29, 1.82) is 0 Å². The van der Waals surface area contributed by atoms with Gasteiger partial charge in [-0.05, 0) is 64.6 Å². The highest BCUT2D eigenvalue weighted by Gasteiger charge is 2.23. The summed E-state index contributed by atoms with van der Waals surface area (Å²) in [4.78, 5) is 21.2. The van der Waals surface area contributed by atoms with E-state index in [1.54, 1.807) is 7.05 Å². The van der Waals surface area contributed by atoms with Crippen LogP contribution in [0, 0.1) is 11.8 Å². The number of piperidine rings is 2. The molecule has 2 aliphatic heterocycles. The zero-order chi connectivity index (χ0) is 17.4. The fourth-order valence-corrected chi connectivity index (χ4v) is 3.60. The van der Waals surface area contributed by atoms with Gasteiger partial charge in [-0.3, -0.25) is 9.79 Å². The molecule has 24 heavy (non-hydrogen) atoms. The molecule has 0 saturated carbocycles. The van der Waals surface area contributed by atoms with Crippen LogP contribution in [0.3, 0.4) is 0 Å². The van der Waals surface area contributed by atoms with E-state index in [1.165, 1.54) is 25.9 Å². The molecule has 0 aromatic carbocycles. The second-order valence-corrected chi connectivity index (χ2v) is 7.25. The van der Waals surface area contributed by atoms with E-state index in [-0.39, 0.29) is 5.91 Å². The number of amides is 1. The van der Waals surface area contributed by atoms with Crippen LogP contribution in [0.1, 0.15) is 39.0 Å². The maximum absolute atomic E-state index is 11.5. The molecule has 0 spiro atoms. The molecule has 2 rings (SSSR count). The number of nitrogens with zero attached hydrogens (tertiary/aromatic N) is 3. The third-order valence-corrected chi connectivity index (χ3v) is 5.34. The molecule has 2 fully saturated rings. The van der Waals surface area contributed by atoms with Crippen molar-refractivity contribution >= 4 is 11.9 Å². The quantitative estimate of drug-likeness (QED) is 0.583. The van der Waals surface area contributed by atoms with E-state index < -0.39 is 0 Å². The van der Waals surface area contributed by atoms with Gasteiger partial charge in [0.2, 0.25) is 5.91 Å². The van der Waals surface area contributed by atoms with Crippen LogP contribution in [0.15, 0.2) is 4.99 Å². The summed E-state index contributed by atoms with van der Waals surface area (Å²) < 4.78 is 0. The Morgan fingerprint density at radius 2 is 1.71 bits per heavy atom. The molecule has 6 nitrogen and oxygen atoms in total. The number of nitrogens with one attached hydrogen (secondary N) is 2. The number of hydrogen-bond acceptors (Lipinski definition) is 3. The molecule has 0 aliphatic carbocycles. The topological polar surface area (TPSA) is 60.0 Å². The Kier molecular flexibility index (Phi) is 7.82. The number of carbonyl (C=O) groups is 1. The van der Waals surface area contributed by atoms with Gasteiger partial charge in [-0.25, -0.2) is 0 Å². The van der Waals surface area contributed by atoms with E-state index >= 15 is 0 Å². The first-order chi connectivity index (χ1) is 11.6. The number of likely N-dealkylation sites (tertiary alicyclic amines) is 2. The summed E-state index contributed by atoms with van der Waals surface area (Å²) in [6, 6.07) is 0. The molecular formula is C18H35N5O. The third-order valence-electron chi connectivity index (χ3n) is 5.34. The van der Waals surface area contributed by atoms with E-state index in [0.717, 1.165) is 50.9 Å². The maximum Gasteiger partial charge on any atom is 0.220 e. The van der Waals surface area contributed by atoms with Crippen molar-refractivity contribution in [2.75, 3.05) is 53.4 Å². The number of hydrogen-bond donors (Lipinski definition) is 2. The van der Waals surface area contributed by atoms with Crippen molar-refractivity contribution in [3.8, 4) is 0 Å². The zero-order valence-corrected chi connectivity index (χ0v) is 15.7. The number of rotatable bonds is 5. The monoisotopic (exact) mass is 337 g/mol. The molecule has 6 heteroatoms. The Morgan fingerprint density at radius 1 is 1.08 bits per heavy atom. The average Bonchev–Trinajstić information content (AvgIpc) is 2.60. The van der Waals surface area contributed by atoms with Crippen molar-refractivity contribution in [1.82, 2.24) is 20.4 Å². The smallest absolute Gasteiger partial charge is 0.220 e. The molecule has 0 unspecified atom stereocenters. The van der Waals surface area contributed by atoms with Crippen LogP contribution >= 0.6 is 0 Å². The van der Waals surface area contributed by atoms with Gasteiger partial charge in [0.15, 0.2) is 5.96 Å². The minimum absolute atomic E-state index is 0.163. The van der Waals surface area contributed by atoms with Crippen molar-refractivity contribution in [2.45, 2.75) is 39.0 Å². The second-order valence-electron chi connectivity index (χ2n) is 7.25. The van der Waals surface area contributed by atoms with Crippen molar-refractivity contribution in [3.63, 3.8) is 0 Å². The molecule has 0 bridgehead atoms. The van der Waals surface area contributed by atoms with Gasteiger partial charge in [-0.15, -0.1) is 0 Å². The van der Waals surface area contributed by atoms with E-state index in [4.69, 9.17) is 4.99 Å². The number of carbonyl (C=O) groups excluding carboxylic acids is 1. The fraction of sp³-hybridized carbons (Fsp3) is 0.889. The summed E-state index contributed by atoms with van der Waals surface area (Å²) in [6.45, 7) is 8.37. The Labute approximate surface area is 147 Å². The first-order valence-electron chi connectivity index (χ1n) is 9.54. The molecule has 0 atom stereocenters. The standard InChI is InChI=1S/C18H35N5O/c1-4-20-18(21-14-16-5-9-22(3)10-6-16)23-11-7-15(8-12-23)13-17(24)19-2/h15-16H,4-14H2,1-3H3,(H,19,24)(H,20,21). The number of aliphatic imine (C=N–C) groups is 1. The van der Waals surface area contributed by atoms with Crippen LogP contribution in [-0.2, 0) is 4.79 Å². The van der Waals surface area contributed by atoms with E-state index in [2.05, 4.69) is 34.4 Å². The lowest BCUT2D eigenvalue weighted by atomic mass is 9.93. The average molecular weight is 338 g/mol. The molecule has 1 amide bonds. The first kappa shape index (κ1) is 19.0. The van der Waals surface area contributed by atoms with E-state index in [1.807, 2.05) is 0 Å². The summed E-state index contributed by atoms with van der Waals surface area (Å²) in [5, 5.41) is 6.19. The highest BCUT2D eigenvalue weighted by molar-refractivity contribution is 5.80. The van der Waals surface area contributed by atoms with Gasteiger partial charge in [-0.2, -0.15) is 0 Å². The SMILES string of the molecule is CCNC(=NCC1CCN(C)CC1)N1CCC(CC(=O)NC)CC1. The van der Waals surface area contributed by atoms with Crippen molar-refractivity contribution in [2.24, 2.45) is 16.8 Å². The van der Waals surface area contributed by atoms with Crippen LogP contribution in [0.5, 0.6) is 0 Å². The normalized spacial score (nSPS) is 21.8. The second kappa shape index (κ2) is 9.87. The summed E-state index contributed by atoms with van der Waals surface area (Å²) in [6.07, 6.45) is 5.33. The minimum atomic E-state index is 0.163. The molecule has 0 aromatic rings. The first-order valence-corrected chi connectivity index (χ1v) is 9.54.